The van der Waals surface area contributed by atoms with Crippen LogP contribution in [0.5, 0.6) is 0 Å². The molecule has 162 valence electrons. The summed E-state index contributed by atoms with van der Waals surface area (Å²) in [5, 5.41) is 10.4. The van der Waals surface area contributed by atoms with Gasteiger partial charge >= 0.3 is 5.97 Å². The Morgan fingerprint density at radius 3 is 2.53 bits per heavy atom. The average molecular weight is 436 g/mol. The number of nitro groups is 1. The van der Waals surface area contributed by atoms with E-state index in [9.17, 15) is 23.9 Å². The summed E-state index contributed by atoms with van der Waals surface area (Å²) in [4.78, 5) is 39.4. The molecule has 1 aromatic rings. The smallest absolute Gasteiger partial charge is 0.356 e. The second-order valence-corrected chi connectivity index (χ2v) is 9.40. The molecule has 1 aromatic carbocycles. The van der Waals surface area contributed by atoms with Gasteiger partial charge in [-0.2, -0.15) is 0 Å². The Morgan fingerprint density at radius 1 is 1.37 bits per heavy atom. The third-order valence-electron chi connectivity index (χ3n) is 5.68. The quantitative estimate of drug-likeness (QED) is 0.266. The normalized spacial score (nSPS) is 22.6. The summed E-state index contributed by atoms with van der Waals surface area (Å²) >= 11 is 0. The number of esters is 1. The zero-order chi connectivity index (χ0) is 22.2. The predicted molar refractivity (Wildman–Crippen MR) is 110 cm³/mol. The molecule has 1 saturated heterocycles. The van der Waals surface area contributed by atoms with Gasteiger partial charge in [-0.15, -0.1) is 0 Å². The van der Waals surface area contributed by atoms with Gasteiger partial charge in [0.2, 0.25) is 5.91 Å². The van der Waals surface area contributed by atoms with Gasteiger partial charge in [-0.05, 0) is 45.1 Å². The maximum Gasteiger partial charge on any atom is 0.356 e. The minimum absolute atomic E-state index is 0.0569. The number of carbonyl (C=O) groups is 2. The minimum atomic E-state index is -1.47. The molecule has 0 N–H and O–H groups in total. The van der Waals surface area contributed by atoms with Gasteiger partial charge in [0.15, 0.2) is 0 Å². The van der Waals surface area contributed by atoms with Crippen molar-refractivity contribution in [2.24, 2.45) is 5.92 Å². The molecule has 2 aliphatic heterocycles. The van der Waals surface area contributed by atoms with Gasteiger partial charge in [0, 0.05) is 18.6 Å². The molecule has 2 aliphatic rings. The van der Waals surface area contributed by atoms with Crippen LogP contribution in [0.3, 0.4) is 0 Å². The van der Waals surface area contributed by atoms with Crippen LogP contribution in [0.15, 0.2) is 34.9 Å². The van der Waals surface area contributed by atoms with Crippen molar-refractivity contribution in [2.75, 3.05) is 14.1 Å². The van der Waals surface area contributed by atoms with E-state index in [0.717, 1.165) is 0 Å². The number of nitro benzene ring substituents is 1. The second-order valence-electron chi connectivity index (χ2n) is 7.63. The number of ether oxygens (including phenoxy) is 1. The van der Waals surface area contributed by atoms with Gasteiger partial charge in [-0.1, -0.05) is 6.92 Å². The molecular weight excluding hydrogens is 410 g/mol. The van der Waals surface area contributed by atoms with Crippen molar-refractivity contribution < 1.29 is 23.5 Å². The van der Waals surface area contributed by atoms with Crippen molar-refractivity contribution in [3.8, 4) is 0 Å². The second kappa shape index (κ2) is 8.65. The van der Waals surface area contributed by atoms with Gasteiger partial charge in [0.25, 0.3) is 5.69 Å². The van der Waals surface area contributed by atoms with Gasteiger partial charge in [-0.3, -0.25) is 24.0 Å². The number of nitrogens with zero attached hydrogens (tertiary/aromatic N) is 3. The van der Waals surface area contributed by atoms with E-state index in [4.69, 9.17) is 4.74 Å². The highest BCUT2D eigenvalue weighted by molar-refractivity contribution is 7.89. The number of amides is 1. The summed E-state index contributed by atoms with van der Waals surface area (Å²) in [6, 6.07) is 5.52. The lowest BCUT2D eigenvalue weighted by molar-refractivity contribution is -0.384. The Hall–Kier alpha value is -2.59. The van der Waals surface area contributed by atoms with Crippen molar-refractivity contribution in [2.45, 2.75) is 44.7 Å². The highest BCUT2D eigenvalue weighted by Crippen LogP contribution is 2.45. The third-order valence-corrected chi connectivity index (χ3v) is 7.57. The van der Waals surface area contributed by atoms with Crippen molar-refractivity contribution in [3.05, 3.63) is 50.5 Å². The van der Waals surface area contributed by atoms with Gasteiger partial charge in [-0.25, -0.2) is 4.79 Å². The SMILES string of the molecule is CCC1C(=O)N2C(C(=O)OCc3ccc([N+](=O)[O-])cc3)=C(S(=O)C(C)N(C)C)CC12. The van der Waals surface area contributed by atoms with E-state index in [2.05, 4.69) is 0 Å². The topological polar surface area (TPSA) is 110 Å². The molecule has 3 rings (SSSR count). The molecule has 30 heavy (non-hydrogen) atoms. The summed E-state index contributed by atoms with van der Waals surface area (Å²) in [5.41, 5.74) is 0.608. The zero-order valence-corrected chi connectivity index (χ0v) is 18.2. The van der Waals surface area contributed by atoms with Crippen LogP contribution >= 0.6 is 0 Å². The van der Waals surface area contributed by atoms with Gasteiger partial charge in [0.05, 0.1) is 38.0 Å². The first kappa shape index (κ1) is 22.1. The number of non-ortho nitro benzene ring substituents is 1. The van der Waals surface area contributed by atoms with Crippen LogP contribution in [0, 0.1) is 16.0 Å². The standard InChI is InChI=1S/C20H25N3O6S/c1-5-15-16-10-17(30(28)12(2)21(3)4)18(22(16)19(15)24)20(25)29-11-13-6-8-14(9-7-13)23(26)27/h6-9,12,15-16H,5,10-11H2,1-4H3. The number of hydrogen-bond acceptors (Lipinski definition) is 7. The molecule has 0 aliphatic carbocycles. The Bertz CT molecular complexity index is 927. The van der Waals surface area contributed by atoms with E-state index in [1.807, 2.05) is 6.92 Å². The molecule has 4 atom stereocenters. The molecule has 0 saturated carbocycles. The minimum Gasteiger partial charge on any atom is -0.456 e. The number of fused-ring (bicyclic) bond motifs is 1. The van der Waals surface area contributed by atoms with E-state index in [1.165, 1.54) is 29.2 Å². The van der Waals surface area contributed by atoms with Crippen LogP contribution in [-0.4, -0.2) is 56.3 Å². The summed E-state index contributed by atoms with van der Waals surface area (Å²) in [7, 11) is 2.14. The highest BCUT2D eigenvalue weighted by atomic mass is 32.2. The number of rotatable bonds is 8. The lowest BCUT2D eigenvalue weighted by Crippen LogP contribution is -2.58. The molecule has 0 radical (unpaired) electrons. The van der Waals surface area contributed by atoms with Crippen molar-refractivity contribution in [1.29, 1.82) is 0 Å². The van der Waals surface area contributed by atoms with E-state index in [1.54, 1.807) is 25.9 Å². The Kier molecular flexibility index (Phi) is 6.37. The van der Waals surface area contributed by atoms with Crippen LogP contribution in [0.1, 0.15) is 32.3 Å². The third kappa shape index (κ3) is 3.89. The first-order valence-corrected chi connectivity index (χ1v) is 10.9. The first-order valence-electron chi connectivity index (χ1n) is 9.71. The van der Waals surface area contributed by atoms with Gasteiger partial charge in [0.1, 0.15) is 12.3 Å². The summed E-state index contributed by atoms with van der Waals surface area (Å²) in [5.74, 6) is -1.02. The van der Waals surface area contributed by atoms with Gasteiger partial charge < -0.3 is 9.64 Å². The summed E-state index contributed by atoms with van der Waals surface area (Å²) in [6.07, 6.45) is 1.06. The molecule has 0 aromatic heterocycles. The lowest BCUT2D eigenvalue weighted by Gasteiger charge is -2.43. The summed E-state index contributed by atoms with van der Waals surface area (Å²) in [6.45, 7) is 3.62. The van der Waals surface area contributed by atoms with Crippen molar-refractivity contribution >= 4 is 28.4 Å². The fourth-order valence-electron chi connectivity index (χ4n) is 3.70. The van der Waals surface area contributed by atoms with E-state index < -0.39 is 21.7 Å². The lowest BCUT2D eigenvalue weighted by atomic mass is 9.85. The maximum absolute atomic E-state index is 13.1. The predicted octanol–water partition coefficient (Wildman–Crippen LogP) is 2.15. The molecule has 2 heterocycles. The monoisotopic (exact) mass is 435 g/mol. The molecule has 9 nitrogen and oxygen atoms in total. The fourth-order valence-corrected chi connectivity index (χ4v) is 5.20. The summed E-state index contributed by atoms with van der Waals surface area (Å²) < 4.78 is 18.5. The Balaban J connectivity index is 1.81. The molecule has 1 amide bonds. The van der Waals surface area contributed by atoms with Crippen LogP contribution in [-0.2, 0) is 31.7 Å². The largest absolute Gasteiger partial charge is 0.456 e. The van der Waals surface area contributed by atoms with Crippen molar-refractivity contribution in [1.82, 2.24) is 9.80 Å². The van der Waals surface area contributed by atoms with E-state index in [-0.39, 0.29) is 41.2 Å². The van der Waals surface area contributed by atoms with E-state index in [0.29, 0.717) is 23.3 Å². The number of hydrogen-bond donors (Lipinski definition) is 0. The Morgan fingerprint density at radius 2 is 2.00 bits per heavy atom. The van der Waals surface area contributed by atoms with Crippen LogP contribution in [0.25, 0.3) is 0 Å². The molecule has 4 unspecified atom stereocenters. The van der Waals surface area contributed by atoms with Crippen LogP contribution in [0.4, 0.5) is 5.69 Å². The molecular formula is C20H25N3O6S. The number of carbonyl (C=O) groups excluding carboxylic acids is 2. The number of benzene rings is 1. The maximum atomic E-state index is 13.1. The average Bonchev–Trinajstić information content (AvgIpc) is 3.07. The fraction of sp³-hybridized carbons (Fsp3) is 0.500. The molecule has 0 spiro atoms. The molecule has 10 heteroatoms. The van der Waals surface area contributed by atoms with Crippen LogP contribution in [0.2, 0.25) is 0 Å². The zero-order valence-electron chi connectivity index (χ0n) is 17.4. The Labute approximate surface area is 177 Å². The first-order chi connectivity index (χ1) is 14.2. The van der Waals surface area contributed by atoms with E-state index >= 15 is 0 Å². The van der Waals surface area contributed by atoms with Crippen LogP contribution < -0.4 is 0 Å². The number of β-lactam (4-membered cyclic amide) rings is 1. The molecule has 1 fully saturated rings. The van der Waals surface area contributed by atoms with Crippen molar-refractivity contribution in [3.63, 3.8) is 0 Å². The molecule has 0 bridgehead atoms. The highest BCUT2D eigenvalue weighted by Gasteiger charge is 2.55.